The Balaban J connectivity index is 1.55. The molecule has 0 fully saturated rings. The van der Waals surface area contributed by atoms with E-state index in [0.29, 0.717) is 39.6 Å². The van der Waals surface area contributed by atoms with Crippen LogP contribution in [-0.4, -0.2) is 74.1 Å². The lowest BCUT2D eigenvalue weighted by Crippen LogP contribution is -2.37. The van der Waals surface area contributed by atoms with Gasteiger partial charge in [-0.05, 0) is 6.07 Å². The minimum Gasteiger partial charge on any atom is -0.497 e. The van der Waals surface area contributed by atoms with Crippen LogP contribution < -0.4 is 28.6 Å². The van der Waals surface area contributed by atoms with E-state index in [-0.39, 0.29) is 5.41 Å². The van der Waals surface area contributed by atoms with E-state index in [9.17, 15) is 0 Å². The first-order chi connectivity index (χ1) is 15.7. The van der Waals surface area contributed by atoms with E-state index in [4.69, 9.17) is 33.2 Å². The van der Waals surface area contributed by atoms with Crippen molar-refractivity contribution in [2.24, 2.45) is 0 Å². The first kappa shape index (κ1) is 21.0. The van der Waals surface area contributed by atoms with Gasteiger partial charge < -0.3 is 38.1 Å². The van der Waals surface area contributed by atoms with Gasteiger partial charge in [0.1, 0.15) is 37.1 Å². The lowest BCUT2D eigenvalue weighted by atomic mass is 9.77. The predicted molar refractivity (Wildman–Crippen MR) is 118 cm³/mol. The molecule has 3 aliphatic rings. The lowest BCUT2D eigenvalue weighted by Gasteiger charge is -2.27. The van der Waals surface area contributed by atoms with Gasteiger partial charge >= 0.3 is 0 Å². The van der Waals surface area contributed by atoms with Crippen LogP contribution in [0, 0.1) is 0 Å². The summed E-state index contributed by atoms with van der Waals surface area (Å²) in [5.74, 6) is 3.86. The number of ether oxygens (including phenoxy) is 7. The van der Waals surface area contributed by atoms with Crippen LogP contribution in [0.15, 0.2) is 24.3 Å². The van der Waals surface area contributed by atoms with Crippen molar-refractivity contribution in [2.45, 2.75) is 5.41 Å². The number of rotatable bonds is 8. The third kappa shape index (κ3) is 3.38. The highest BCUT2D eigenvalue weighted by molar-refractivity contribution is 5.76. The summed E-state index contributed by atoms with van der Waals surface area (Å²) in [6.07, 6.45) is 0. The van der Waals surface area contributed by atoms with E-state index in [2.05, 4.69) is 17.0 Å². The van der Waals surface area contributed by atoms with Gasteiger partial charge in [0.15, 0.2) is 11.5 Å². The Kier molecular flexibility index (Phi) is 5.65. The molecular formula is C24H29NO7. The van der Waals surface area contributed by atoms with Gasteiger partial charge in [0, 0.05) is 55.2 Å². The van der Waals surface area contributed by atoms with E-state index in [1.807, 2.05) is 12.1 Å². The van der Waals surface area contributed by atoms with Gasteiger partial charge in [-0.15, -0.1) is 0 Å². The molecule has 172 valence electrons. The van der Waals surface area contributed by atoms with Gasteiger partial charge in [0.05, 0.1) is 39.5 Å². The average molecular weight is 443 g/mol. The van der Waals surface area contributed by atoms with E-state index < -0.39 is 0 Å². The Bertz CT molecular complexity index is 995. The fourth-order valence-corrected chi connectivity index (χ4v) is 4.87. The van der Waals surface area contributed by atoms with Crippen LogP contribution in [0.5, 0.6) is 28.7 Å². The summed E-state index contributed by atoms with van der Waals surface area (Å²) in [4.78, 5) is 2.32. The highest BCUT2D eigenvalue weighted by Gasteiger charge is 2.52. The predicted octanol–water partition coefficient (Wildman–Crippen LogP) is 2.64. The highest BCUT2D eigenvalue weighted by Crippen LogP contribution is 2.57. The summed E-state index contributed by atoms with van der Waals surface area (Å²) < 4.78 is 40.1. The van der Waals surface area contributed by atoms with E-state index in [0.717, 1.165) is 58.7 Å². The molecule has 2 aromatic carbocycles. The van der Waals surface area contributed by atoms with Gasteiger partial charge in [0.2, 0.25) is 0 Å². The summed E-state index contributed by atoms with van der Waals surface area (Å²) in [6.45, 7) is 4.82. The second-order valence-electron chi connectivity index (χ2n) is 8.11. The summed E-state index contributed by atoms with van der Waals surface area (Å²) in [5.41, 5.74) is 2.88. The molecule has 8 nitrogen and oxygen atoms in total. The van der Waals surface area contributed by atoms with Crippen molar-refractivity contribution >= 4 is 5.69 Å². The van der Waals surface area contributed by atoms with Crippen LogP contribution in [-0.2, 0) is 14.9 Å². The maximum absolute atomic E-state index is 6.22. The van der Waals surface area contributed by atoms with Crippen molar-refractivity contribution in [1.29, 1.82) is 0 Å². The van der Waals surface area contributed by atoms with Gasteiger partial charge in [-0.25, -0.2) is 0 Å². The number of hydrogen-bond acceptors (Lipinski definition) is 8. The molecule has 1 unspecified atom stereocenters. The molecule has 0 bridgehead atoms. The standard InChI is InChI=1S/C24H29NO7/c1-26-6-7-29-5-4-25-14-24(23-18(25)10-16(27-2)11-22(23)28-3)15-32-19-13-21-20(12-17(19)24)30-8-9-31-21/h10-13H,4-9,14-15H2,1-3H3. The second kappa shape index (κ2) is 8.60. The Morgan fingerprint density at radius 2 is 1.69 bits per heavy atom. The summed E-state index contributed by atoms with van der Waals surface area (Å²) in [7, 11) is 5.04. The van der Waals surface area contributed by atoms with Crippen molar-refractivity contribution < 1.29 is 33.2 Å². The molecule has 0 saturated carbocycles. The lowest BCUT2D eigenvalue weighted by molar-refractivity contribution is 0.0739. The zero-order chi connectivity index (χ0) is 22.1. The monoisotopic (exact) mass is 443 g/mol. The molecule has 0 saturated heterocycles. The first-order valence-electron chi connectivity index (χ1n) is 10.8. The summed E-state index contributed by atoms with van der Waals surface area (Å²) in [6, 6.07) is 8.03. The van der Waals surface area contributed by atoms with Crippen molar-refractivity contribution in [3.8, 4) is 28.7 Å². The van der Waals surface area contributed by atoms with Gasteiger partial charge in [-0.1, -0.05) is 0 Å². The molecule has 2 aromatic rings. The third-order valence-corrected chi connectivity index (χ3v) is 6.36. The number of anilines is 1. The molecule has 1 atom stereocenters. The third-order valence-electron chi connectivity index (χ3n) is 6.36. The zero-order valence-electron chi connectivity index (χ0n) is 18.8. The van der Waals surface area contributed by atoms with E-state index in [1.54, 1.807) is 21.3 Å². The van der Waals surface area contributed by atoms with Crippen LogP contribution in [0.3, 0.4) is 0 Å². The Labute approximate surface area is 187 Å². The minimum atomic E-state index is -0.384. The average Bonchev–Trinajstić information content (AvgIpc) is 3.34. The van der Waals surface area contributed by atoms with Crippen molar-refractivity contribution in [3.05, 3.63) is 35.4 Å². The van der Waals surface area contributed by atoms with Crippen molar-refractivity contribution in [1.82, 2.24) is 0 Å². The largest absolute Gasteiger partial charge is 0.497 e. The molecule has 0 aromatic heterocycles. The fraction of sp³-hybridized carbons (Fsp3) is 0.500. The van der Waals surface area contributed by atoms with Crippen molar-refractivity contribution in [3.63, 3.8) is 0 Å². The SMILES string of the molecule is COCCOCCN1CC2(COc3cc4c(cc32)OCCO4)c2c(OC)cc(OC)cc21. The van der Waals surface area contributed by atoms with E-state index >= 15 is 0 Å². The van der Waals surface area contributed by atoms with Gasteiger partial charge in [-0.3, -0.25) is 0 Å². The van der Waals surface area contributed by atoms with Crippen LogP contribution >= 0.6 is 0 Å². The smallest absolute Gasteiger partial charge is 0.165 e. The van der Waals surface area contributed by atoms with Crippen LogP contribution in [0.1, 0.15) is 11.1 Å². The molecular weight excluding hydrogens is 414 g/mol. The zero-order valence-corrected chi connectivity index (χ0v) is 18.8. The molecule has 0 N–H and O–H groups in total. The molecule has 1 spiro atoms. The summed E-state index contributed by atoms with van der Waals surface area (Å²) in [5, 5.41) is 0. The number of methoxy groups -OCH3 is 3. The normalized spacial score (nSPS) is 20.2. The van der Waals surface area contributed by atoms with E-state index in [1.165, 1.54) is 0 Å². The fourth-order valence-electron chi connectivity index (χ4n) is 4.87. The van der Waals surface area contributed by atoms with Gasteiger partial charge in [-0.2, -0.15) is 0 Å². The maximum atomic E-state index is 6.22. The topological polar surface area (TPSA) is 67.9 Å². The minimum absolute atomic E-state index is 0.384. The molecule has 3 heterocycles. The van der Waals surface area contributed by atoms with Crippen LogP contribution in [0.2, 0.25) is 0 Å². The van der Waals surface area contributed by atoms with Crippen molar-refractivity contribution in [2.75, 3.05) is 79.0 Å². The molecule has 0 amide bonds. The molecule has 0 radical (unpaired) electrons. The molecule has 5 rings (SSSR count). The Morgan fingerprint density at radius 3 is 2.44 bits per heavy atom. The second-order valence-corrected chi connectivity index (χ2v) is 8.11. The number of nitrogens with zero attached hydrogens (tertiary/aromatic N) is 1. The molecule has 0 aliphatic carbocycles. The molecule has 8 heteroatoms. The number of benzene rings is 2. The molecule has 32 heavy (non-hydrogen) atoms. The highest BCUT2D eigenvalue weighted by atomic mass is 16.6. The van der Waals surface area contributed by atoms with Crippen LogP contribution in [0.25, 0.3) is 0 Å². The number of hydrogen-bond donors (Lipinski definition) is 0. The van der Waals surface area contributed by atoms with Crippen LogP contribution in [0.4, 0.5) is 5.69 Å². The first-order valence-corrected chi connectivity index (χ1v) is 10.8. The Hall–Kier alpha value is -2.84. The Morgan fingerprint density at radius 1 is 0.875 bits per heavy atom. The molecule has 3 aliphatic heterocycles. The maximum Gasteiger partial charge on any atom is 0.165 e. The van der Waals surface area contributed by atoms with Gasteiger partial charge in [0.25, 0.3) is 0 Å². The number of fused-ring (bicyclic) bond motifs is 5. The quantitative estimate of drug-likeness (QED) is 0.577. The summed E-state index contributed by atoms with van der Waals surface area (Å²) >= 11 is 0.